The van der Waals surface area contributed by atoms with Crippen molar-refractivity contribution in [3.8, 4) is 11.5 Å². The smallest absolute Gasteiger partial charge is 0.305 e. The van der Waals surface area contributed by atoms with Crippen LogP contribution in [-0.4, -0.2) is 52.8 Å². The lowest BCUT2D eigenvalue weighted by atomic mass is 10.2. The summed E-state index contributed by atoms with van der Waals surface area (Å²) in [7, 11) is -0.923. The van der Waals surface area contributed by atoms with Crippen LogP contribution in [0.5, 0.6) is 11.5 Å². The summed E-state index contributed by atoms with van der Waals surface area (Å²) in [6.45, 7) is 22.3. The second-order valence-corrected chi connectivity index (χ2v) is 24.9. The number of nitrogens with one attached hydrogen (secondary N) is 2. The number of rotatable bonds is 10. The van der Waals surface area contributed by atoms with Gasteiger partial charge < -0.3 is 28.3 Å². The monoisotopic (exact) mass is 732 g/mol. The normalized spacial score (nSPS) is 11.9. The molecule has 0 spiro atoms. The van der Waals surface area contributed by atoms with Crippen LogP contribution < -0.4 is 8.85 Å². The molecule has 0 saturated heterocycles. The second-order valence-electron chi connectivity index (χ2n) is 15.0. The predicted molar refractivity (Wildman–Crippen MR) is 211 cm³/mol. The van der Waals surface area contributed by atoms with Crippen molar-refractivity contribution in [2.45, 2.75) is 118 Å². The number of aryl methyl sites for hydroxylation is 2. The number of ether oxygens (including phenoxy) is 2. The first-order valence-corrected chi connectivity index (χ1v) is 22.3. The molecule has 49 heavy (non-hydrogen) atoms. The molecule has 0 saturated carbocycles. The van der Waals surface area contributed by atoms with E-state index < -0.39 is 16.6 Å². The number of esters is 2. The third kappa shape index (κ3) is 11.4. The lowest BCUT2D eigenvalue weighted by Gasteiger charge is -2.36. The standard InChI is InChI=1S/C18H26ClNO3Si.C18H27NO3Si.2CH4/c1-18(2,3)24(5,6)23-12-7-8-14-13(11-12)17(19)15(20-14)9-10-16(21)22-4;1-18(2,3)23(5,6)22-15-8-9-16-13(12-15)11-14(19-16)7-10-17(20)21-4;;/h7-8,11,20H,9-10H2,1-6H3;8-9,11-12,19H,7,10H2,1-6H3;2*1H4. The third-order valence-corrected chi connectivity index (χ3v) is 18.6. The van der Waals surface area contributed by atoms with E-state index in [1.54, 1.807) is 0 Å². The van der Waals surface area contributed by atoms with Gasteiger partial charge in [0.15, 0.2) is 0 Å². The molecule has 0 amide bonds. The van der Waals surface area contributed by atoms with Crippen molar-refractivity contribution in [3.63, 3.8) is 0 Å². The van der Waals surface area contributed by atoms with Gasteiger partial charge in [-0.15, -0.1) is 0 Å². The number of aromatic nitrogens is 2. The minimum atomic E-state index is -1.89. The van der Waals surface area contributed by atoms with Gasteiger partial charge in [0.25, 0.3) is 0 Å². The molecule has 11 heteroatoms. The van der Waals surface area contributed by atoms with Crippen LogP contribution in [0, 0.1) is 0 Å². The van der Waals surface area contributed by atoms with E-state index >= 15 is 0 Å². The molecule has 0 aliphatic carbocycles. The van der Waals surface area contributed by atoms with Crippen molar-refractivity contribution in [2.75, 3.05) is 14.2 Å². The summed E-state index contributed by atoms with van der Waals surface area (Å²) in [6.07, 6.45) is 1.87. The molecule has 4 rings (SSSR count). The van der Waals surface area contributed by atoms with Crippen LogP contribution in [0.4, 0.5) is 0 Å². The molecule has 274 valence electrons. The Bertz CT molecular complexity index is 1700. The predicted octanol–water partition coefficient (Wildman–Crippen LogP) is 11.2. The Morgan fingerprint density at radius 1 is 0.694 bits per heavy atom. The summed E-state index contributed by atoms with van der Waals surface area (Å²) in [4.78, 5) is 29.2. The Morgan fingerprint density at radius 3 is 1.65 bits per heavy atom. The van der Waals surface area contributed by atoms with Crippen molar-refractivity contribution < 1.29 is 27.9 Å². The van der Waals surface area contributed by atoms with Crippen LogP contribution in [0.15, 0.2) is 42.5 Å². The fourth-order valence-electron chi connectivity index (χ4n) is 4.36. The van der Waals surface area contributed by atoms with Crippen molar-refractivity contribution in [2.24, 2.45) is 0 Å². The van der Waals surface area contributed by atoms with Crippen LogP contribution in [0.25, 0.3) is 21.8 Å². The molecule has 2 aromatic heterocycles. The number of aromatic amines is 2. The van der Waals surface area contributed by atoms with E-state index in [1.165, 1.54) is 14.2 Å². The number of carbonyl (C=O) groups excluding carboxylic acids is 2. The van der Waals surface area contributed by atoms with E-state index in [0.29, 0.717) is 30.7 Å². The minimum Gasteiger partial charge on any atom is -0.543 e. The van der Waals surface area contributed by atoms with Gasteiger partial charge in [0.2, 0.25) is 16.6 Å². The van der Waals surface area contributed by atoms with Gasteiger partial charge in [-0.25, -0.2) is 0 Å². The number of halogens is 1. The lowest BCUT2D eigenvalue weighted by Crippen LogP contribution is -2.43. The summed E-state index contributed by atoms with van der Waals surface area (Å²) in [5.74, 6) is 1.33. The van der Waals surface area contributed by atoms with Crippen LogP contribution >= 0.6 is 11.6 Å². The maximum absolute atomic E-state index is 11.3. The molecule has 2 heterocycles. The van der Waals surface area contributed by atoms with Gasteiger partial charge in [0.1, 0.15) is 11.5 Å². The molecular weight excluding hydrogens is 672 g/mol. The zero-order valence-electron chi connectivity index (χ0n) is 30.2. The quantitative estimate of drug-likeness (QED) is 0.124. The molecule has 0 unspecified atom stereocenters. The molecule has 0 bridgehead atoms. The molecule has 2 aromatic carbocycles. The van der Waals surface area contributed by atoms with Gasteiger partial charge >= 0.3 is 11.9 Å². The highest BCUT2D eigenvalue weighted by atomic mass is 35.5. The summed E-state index contributed by atoms with van der Waals surface area (Å²) in [5, 5.41) is 2.99. The van der Waals surface area contributed by atoms with Crippen LogP contribution in [0.1, 0.15) is 80.6 Å². The summed E-state index contributed by atoms with van der Waals surface area (Å²) >= 11 is 6.49. The van der Waals surface area contributed by atoms with Crippen molar-refractivity contribution in [3.05, 3.63) is 58.9 Å². The molecule has 0 fully saturated rings. The van der Waals surface area contributed by atoms with E-state index in [0.717, 1.165) is 44.7 Å². The Balaban J connectivity index is 0.000000471. The molecule has 0 aliphatic rings. The van der Waals surface area contributed by atoms with Gasteiger partial charge in [-0.3, -0.25) is 9.59 Å². The van der Waals surface area contributed by atoms with Crippen LogP contribution in [-0.2, 0) is 31.9 Å². The Kier molecular flexibility index (Phi) is 15.3. The van der Waals surface area contributed by atoms with E-state index in [4.69, 9.17) is 20.5 Å². The number of H-pyrrole nitrogens is 2. The Labute approximate surface area is 301 Å². The van der Waals surface area contributed by atoms with Crippen molar-refractivity contribution in [1.82, 2.24) is 9.97 Å². The number of carbonyl (C=O) groups is 2. The number of methoxy groups -OCH3 is 2. The van der Waals surface area contributed by atoms with Gasteiger partial charge in [-0.05, 0) is 91.6 Å². The second kappa shape index (κ2) is 17.1. The average Bonchev–Trinajstić information content (AvgIpc) is 3.52. The average molecular weight is 734 g/mol. The molecular formula is C38H61ClN2O6Si2. The van der Waals surface area contributed by atoms with E-state index in [2.05, 4.69) is 99.3 Å². The highest BCUT2D eigenvalue weighted by molar-refractivity contribution is 6.75. The number of hydrogen-bond acceptors (Lipinski definition) is 6. The molecule has 4 aromatic rings. The van der Waals surface area contributed by atoms with E-state index in [-0.39, 0.29) is 36.9 Å². The lowest BCUT2D eigenvalue weighted by molar-refractivity contribution is -0.141. The number of fused-ring (bicyclic) bond motifs is 2. The van der Waals surface area contributed by atoms with Gasteiger partial charge in [0, 0.05) is 33.2 Å². The fourth-order valence-corrected chi connectivity index (χ4v) is 6.70. The molecule has 0 radical (unpaired) electrons. The highest BCUT2D eigenvalue weighted by Crippen LogP contribution is 2.40. The van der Waals surface area contributed by atoms with Crippen molar-refractivity contribution >= 4 is 62.0 Å². The molecule has 2 N–H and O–H groups in total. The van der Waals surface area contributed by atoms with E-state index in [1.807, 2.05) is 30.3 Å². The minimum absolute atomic E-state index is 0. The molecule has 0 aliphatic heterocycles. The fraction of sp³-hybridized carbons (Fsp3) is 0.526. The number of benzene rings is 2. The first-order valence-electron chi connectivity index (χ1n) is 16.1. The number of hydrogen-bond donors (Lipinski definition) is 2. The largest absolute Gasteiger partial charge is 0.543 e. The van der Waals surface area contributed by atoms with Gasteiger partial charge in [-0.2, -0.15) is 0 Å². The first-order chi connectivity index (χ1) is 21.7. The van der Waals surface area contributed by atoms with Gasteiger partial charge in [0.05, 0.1) is 32.1 Å². The van der Waals surface area contributed by atoms with Crippen LogP contribution in [0.2, 0.25) is 41.3 Å². The summed E-state index contributed by atoms with van der Waals surface area (Å²) < 4.78 is 22.1. The SMILES string of the molecule is C.C.COC(=O)CCc1[nH]c2ccc(O[Si](C)(C)C(C)(C)C)cc2c1Cl.COC(=O)CCc1cc2cc(O[Si](C)(C)C(C)(C)C)ccc2[nH]1. The van der Waals surface area contributed by atoms with E-state index in [9.17, 15) is 9.59 Å². The topological polar surface area (TPSA) is 103 Å². The Morgan fingerprint density at radius 2 is 1.16 bits per heavy atom. The van der Waals surface area contributed by atoms with Crippen molar-refractivity contribution in [1.29, 1.82) is 0 Å². The highest BCUT2D eigenvalue weighted by Gasteiger charge is 2.40. The zero-order chi connectivity index (χ0) is 35.4. The Hall–Kier alpha value is -3.22. The molecule has 0 atom stereocenters. The molecule has 8 nitrogen and oxygen atoms in total. The van der Waals surface area contributed by atoms with Gasteiger partial charge in [-0.1, -0.05) is 68.0 Å². The maximum atomic E-state index is 11.3. The summed E-state index contributed by atoms with van der Waals surface area (Å²) in [6, 6.07) is 14.1. The zero-order valence-corrected chi connectivity index (χ0v) is 33.0. The summed E-state index contributed by atoms with van der Waals surface area (Å²) in [5.41, 5.74) is 3.89. The third-order valence-electron chi connectivity index (χ3n) is 9.42. The van der Waals surface area contributed by atoms with Crippen LogP contribution in [0.3, 0.4) is 0 Å². The first kappa shape index (κ1) is 43.8. The maximum Gasteiger partial charge on any atom is 0.305 e.